The molecule has 7 heteroatoms. The zero-order chi connectivity index (χ0) is 14.5. The Morgan fingerprint density at radius 2 is 1.90 bits per heavy atom. The molecule has 2 aromatic rings. The van der Waals surface area contributed by atoms with E-state index in [1.165, 1.54) is 0 Å². The number of carbonyl (C=O) groups excluding carboxylic acids is 1. The maximum Gasteiger partial charge on any atom is 0.244 e. The van der Waals surface area contributed by atoms with Gasteiger partial charge in [-0.15, -0.1) is 0 Å². The van der Waals surface area contributed by atoms with Crippen molar-refractivity contribution in [1.82, 2.24) is 10.1 Å². The van der Waals surface area contributed by atoms with Gasteiger partial charge in [0.1, 0.15) is 0 Å². The normalized spacial score (nSPS) is 13.9. The van der Waals surface area contributed by atoms with Crippen molar-refractivity contribution in [2.24, 2.45) is 17.2 Å². The molecule has 0 aliphatic rings. The molecule has 0 saturated heterocycles. The van der Waals surface area contributed by atoms with Crippen LogP contribution in [0.25, 0.3) is 0 Å². The first-order valence-electron chi connectivity index (χ1n) is 6.23. The van der Waals surface area contributed by atoms with Crippen molar-refractivity contribution in [1.29, 1.82) is 0 Å². The molecule has 7 nitrogen and oxygen atoms in total. The molecule has 106 valence electrons. The largest absolute Gasteiger partial charge is 0.370 e. The summed E-state index contributed by atoms with van der Waals surface area (Å²) in [5.74, 6) is 0.0110. The third-order valence-electron chi connectivity index (χ3n) is 2.83. The number of hydrogen-bond donors (Lipinski definition) is 3. The summed E-state index contributed by atoms with van der Waals surface area (Å²) in [6.45, 7) is 0. The molecule has 0 bridgehead atoms. The molecule has 2 rings (SSSR count). The smallest absolute Gasteiger partial charge is 0.244 e. The van der Waals surface area contributed by atoms with Gasteiger partial charge in [0.15, 0.2) is 5.82 Å². The third-order valence-corrected chi connectivity index (χ3v) is 2.83. The van der Waals surface area contributed by atoms with Gasteiger partial charge in [-0.3, -0.25) is 4.79 Å². The highest BCUT2D eigenvalue weighted by molar-refractivity contribution is 5.74. The van der Waals surface area contributed by atoms with Crippen LogP contribution in [0.1, 0.15) is 35.8 Å². The maximum absolute atomic E-state index is 10.8. The van der Waals surface area contributed by atoms with Crippen LogP contribution in [0.5, 0.6) is 0 Å². The van der Waals surface area contributed by atoms with E-state index < -0.39 is 18.0 Å². The molecule has 0 fully saturated rings. The fraction of sp³-hybridized carbons (Fsp3) is 0.308. The SMILES string of the molecule is NC(=O)C[C@H](N)c1nc([C@@H](N)Cc2ccccc2)no1. The van der Waals surface area contributed by atoms with Gasteiger partial charge >= 0.3 is 0 Å². The number of carbonyl (C=O) groups is 1. The minimum absolute atomic E-state index is 0.0461. The third kappa shape index (κ3) is 3.62. The molecule has 1 aromatic heterocycles. The molecule has 0 saturated carbocycles. The number of rotatable bonds is 6. The van der Waals surface area contributed by atoms with Crippen molar-refractivity contribution in [3.05, 3.63) is 47.6 Å². The number of benzene rings is 1. The molecule has 20 heavy (non-hydrogen) atoms. The second kappa shape index (κ2) is 6.27. The zero-order valence-corrected chi connectivity index (χ0v) is 10.9. The Labute approximate surface area is 116 Å². The highest BCUT2D eigenvalue weighted by Crippen LogP contribution is 2.16. The van der Waals surface area contributed by atoms with Crippen LogP contribution < -0.4 is 17.2 Å². The van der Waals surface area contributed by atoms with Crippen LogP contribution in [-0.2, 0) is 11.2 Å². The van der Waals surface area contributed by atoms with Gasteiger partial charge in [-0.2, -0.15) is 4.98 Å². The second-order valence-corrected chi connectivity index (χ2v) is 4.56. The number of nitrogens with zero attached hydrogens (tertiary/aromatic N) is 2. The Morgan fingerprint density at radius 1 is 1.20 bits per heavy atom. The van der Waals surface area contributed by atoms with Crippen molar-refractivity contribution in [3.63, 3.8) is 0 Å². The van der Waals surface area contributed by atoms with Gasteiger partial charge in [-0.1, -0.05) is 35.5 Å². The van der Waals surface area contributed by atoms with Crippen molar-refractivity contribution in [3.8, 4) is 0 Å². The molecule has 1 amide bonds. The minimum atomic E-state index is -0.697. The van der Waals surface area contributed by atoms with Crippen LogP contribution in [0.3, 0.4) is 0 Å². The van der Waals surface area contributed by atoms with Gasteiger partial charge < -0.3 is 21.7 Å². The standard InChI is InChI=1S/C13H17N5O2/c14-9(6-8-4-2-1-3-5-8)12-17-13(20-18-12)10(15)7-11(16)19/h1-5,9-10H,6-7,14-15H2,(H2,16,19)/t9-,10-/m0/s1. The lowest BCUT2D eigenvalue weighted by molar-refractivity contribution is -0.118. The molecule has 0 aliphatic heterocycles. The van der Waals surface area contributed by atoms with E-state index in [1.54, 1.807) is 0 Å². The van der Waals surface area contributed by atoms with Gasteiger partial charge in [-0.05, 0) is 12.0 Å². The summed E-state index contributed by atoms with van der Waals surface area (Å²) in [6.07, 6.45) is 0.542. The molecule has 1 aromatic carbocycles. The summed E-state index contributed by atoms with van der Waals surface area (Å²) in [6, 6.07) is 8.66. The number of amides is 1. The molecule has 2 atom stereocenters. The second-order valence-electron chi connectivity index (χ2n) is 4.56. The van der Waals surface area contributed by atoms with Crippen LogP contribution >= 0.6 is 0 Å². The Hall–Kier alpha value is -2.25. The van der Waals surface area contributed by atoms with E-state index in [-0.39, 0.29) is 12.3 Å². The monoisotopic (exact) mass is 275 g/mol. The van der Waals surface area contributed by atoms with E-state index in [2.05, 4.69) is 10.1 Å². The molecule has 0 spiro atoms. The first kappa shape index (κ1) is 14.2. The van der Waals surface area contributed by atoms with Gasteiger partial charge in [0.05, 0.1) is 18.5 Å². The fourth-order valence-electron chi connectivity index (χ4n) is 1.81. The summed E-state index contributed by atoms with van der Waals surface area (Å²) in [5, 5.41) is 3.80. The highest BCUT2D eigenvalue weighted by Gasteiger charge is 2.20. The van der Waals surface area contributed by atoms with E-state index in [1.807, 2.05) is 30.3 Å². The summed E-state index contributed by atoms with van der Waals surface area (Å²) < 4.78 is 5.01. The first-order valence-corrected chi connectivity index (χ1v) is 6.23. The average molecular weight is 275 g/mol. The molecule has 0 radical (unpaired) electrons. The number of aromatic nitrogens is 2. The summed E-state index contributed by atoms with van der Waals surface area (Å²) in [5.41, 5.74) is 17.9. The van der Waals surface area contributed by atoms with Crippen molar-refractivity contribution in [2.45, 2.75) is 24.9 Å². The van der Waals surface area contributed by atoms with E-state index >= 15 is 0 Å². The molecule has 0 aliphatic carbocycles. The highest BCUT2D eigenvalue weighted by atomic mass is 16.5. The van der Waals surface area contributed by atoms with Crippen molar-refractivity contribution in [2.75, 3.05) is 0 Å². The van der Waals surface area contributed by atoms with Crippen LogP contribution in [0.2, 0.25) is 0 Å². The van der Waals surface area contributed by atoms with Gasteiger partial charge in [-0.25, -0.2) is 0 Å². The van der Waals surface area contributed by atoms with Crippen molar-refractivity contribution < 1.29 is 9.32 Å². The topological polar surface area (TPSA) is 134 Å². The first-order chi connectivity index (χ1) is 9.56. The van der Waals surface area contributed by atoms with Crippen molar-refractivity contribution >= 4 is 5.91 Å². The summed E-state index contributed by atoms with van der Waals surface area (Å²) >= 11 is 0. The Bertz CT molecular complexity index is 569. The Balaban J connectivity index is 2.03. The number of nitrogens with two attached hydrogens (primary N) is 3. The lowest BCUT2D eigenvalue weighted by Gasteiger charge is -2.06. The fourth-order valence-corrected chi connectivity index (χ4v) is 1.81. The summed E-state index contributed by atoms with van der Waals surface area (Å²) in [4.78, 5) is 14.9. The molecule has 6 N–H and O–H groups in total. The minimum Gasteiger partial charge on any atom is -0.370 e. The van der Waals surface area contributed by atoms with Gasteiger partial charge in [0.25, 0.3) is 0 Å². The Morgan fingerprint density at radius 3 is 2.55 bits per heavy atom. The zero-order valence-electron chi connectivity index (χ0n) is 10.9. The lowest BCUT2D eigenvalue weighted by Crippen LogP contribution is -2.21. The Kier molecular flexibility index (Phi) is 4.44. The number of hydrogen-bond acceptors (Lipinski definition) is 6. The molecule has 1 heterocycles. The van der Waals surface area contributed by atoms with Crippen LogP contribution in [0, 0.1) is 0 Å². The average Bonchev–Trinajstić information content (AvgIpc) is 2.89. The number of primary amides is 1. The predicted molar refractivity (Wildman–Crippen MR) is 72.1 cm³/mol. The van der Waals surface area contributed by atoms with Crippen LogP contribution in [0.15, 0.2) is 34.9 Å². The summed E-state index contributed by atoms with van der Waals surface area (Å²) in [7, 11) is 0. The molecule has 0 unspecified atom stereocenters. The molecular formula is C13H17N5O2. The van der Waals surface area contributed by atoms with E-state index in [4.69, 9.17) is 21.7 Å². The van der Waals surface area contributed by atoms with E-state index in [0.29, 0.717) is 12.2 Å². The van der Waals surface area contributed by atoms with Gasteiger partial charge in [0, 0.05) is 0 Å². The maximum atomic E-state index is 10.8. The predicted octanol–water partition coefficient (Wildman–Crippen LogP) is 0.187. The van der Waals surface area contributed by atoms with Gasteiger partial charge in [0.2, 0.25) is 11.8 Å². The van der Waals surface area contributed by atoms with E-state index in [0.717, 1.165) is 5.56 Å². The van der Waals surface area contributed by atoms with Crippen LogP contribution in [0.4, 0.5) is 0 Å². The van der Waals surface area contributed by atoms with E-state index in [9.17, 15) is 4.79 Å². The quantitative estimate of drug-likeness (QED) is 0.688. The van der Waals surface area contributed by atoms with Crippen LogP contribution in [-0.4, -0.2) is 16.0 Å². The lowest BCUT2D eigenvalue weighted by atomic mass is 10.1. The molecular weight excluding hydrogens is 258 g/mol.